The summed E-state index contributed by atoms with van der Waals surface area (Å²) in [7, 11) is 2.09. The molecule has 0 aliphatic carbocycles. The van der Waals surface area contributed by atoms with Crippen molar-refractivity contribution in [3.8, 4) is 11.1 Å². The zero-order chi connectivity index (χ0) is 13.5. The van der Waals surface area contributed by atoms with Gasteiger partial charge < -0.3 is 15.0 Å². The quantitative estimate of drug-likeness (QED) is 0.885. The lowest BCUT2D eigenvalue weighted by Crippen LogP contribution is -2.37. The molecule has 0 unspecified atom stereocenters. The first-order valence-electron chi connectivity index (χ1n) is 6.80. The number of rotatable bonds is 3. The van der Waals surface area contributed by atoms with Crippen LogP contribution in [0.25, 0.3) is 11.1 Å². The second-order valence-electron chi connectivity index (χ2n) is 5.52. The van der Waals surface area contributed by atoms with Gasteiger partial charge in [0.25, 0.3) is 0 Å². The van der Waals surface area contributed by atoms with Crippen LogP contribution in [-0.4, -0.2) is 16.3 Å². The highest BCUT2D eigenvalue weighted by Crippen LogP contribution is 2.45. The molecule has 0 saturated heterocycles. The second-order valence-corrected chi connectivity index (χ2v) is 5.52. The predicted molar refractivity (Wildman–Crippen MR) is 78.1 cm³/mol. The first-order valence-corrected chi connectivity index (χ1v) is 6.80. The van der Waals surface area contributed by atoms with E-state index in [-0.39, 0.29) is 12.1 Å². The number of aliphatic hydroxyl groups excluding tert-OH is 1. The average molecular weight is 256 g/mol. The molecule has 1 aromatic carbocycles. The van der Waals surface area contributed by atoms with Crippen molar-refractivity contribution < 1.29 is 5.11 Å². The normalized spacial score (nSPS) is 20.6. The van der Waals surface area contributed by atoms with Crippen LogP contribution in [0.4, 0.5) is 5.69 Å². The fourth-order valence-electron chi connectivity index (χ4n) is 3.23. The molecule has 1 aromatic heterocycles. The zero-order valence-electron chi connectivity index (χ0n) is 11.5. The molecule has 1 atom stereocenters. The SMILES string of the molecule is Cn1ccc2c1[C@@](C)(CCCO)Nc1ccccc1-2. The van der Waals surface area contributed by atoms with Crippen LogP contribution >= 0.6 is 0 Å². The number of nitrogens with one attached hydrogen (secondary N) is 1. The third-order valence-corrected chi connectivity index (χ3v) is 4.06. The van der Waals surface area contributed by atoms with Gasteiger partial charge in [-0.1, -0.05) is 18.2 Å². The molecule has 3 nitrogen and oxygen atoms in total. The Kier molecular flexibility index (Phi) is 2.86. The minimum Gasteiger partial charge on any atom is -0.396 e. The summed E-state index contributed by atoms with van der Waals surface area (Å²) < 4.78 is 2.19. The Labute approximate surface area is 113 Å². The maximum atomic E-state index is 9.14. The summed E-state index contributed by atoms with van der Waals surface area (Å²) in [5.74, 6) is 0. The van der Waals surface area contributed by atoms with Gasteiger partial charge in [0.2, 0.25) is 0 Å². The molecule has 0 fully saturated rings. The van der Waals surface area contributed by atoms with Crippen LogP contribution < -0.4 is 5.32 Å². The second kappa shape index (κ2) is 4.42. The van der Waals surface area contributed by atoms with Crippen molar-refractivity contribution in [2.75, 3.05) is 11.9 Å². The highest BCUT2D eigenvalue weighted by Gasteiger charge is 2.35. The summed E-state index contributed by atoms with van der Waals surface area (Å²) in [5, 5.41) is 12.8. The van der Waals surface area contributed by atoms with Crippen molar-refractivity contribution in [1.29, 1.82) is 0 Å². The largest absolute Gasteiger partial charge is 0.396 e. The lowest BCUT2D eigenvalue weighted by molar-refractivity contribution is 0.268. The van der Waals surface area contributed by atoms with Crippen molar-refractivity contribution in [3.05, 3.63) is 42.2 Å². The predicted octanol–water partition coefficient (Wildman–Crippen LogP) is 3.11. The number of aliphatic hydroxyl groups is 1. The van der Waals surface area contributed by atoms with E-state index in [9.17, 15) is 0 Å². The highest BCUT2D eigenvalue weighted by atomic mass is 16.2. The summed E-state index contributed by atoms with van der Waals surface area (Å²) in [6.07, 6.45) is 3.84. The molecule has 1 aliphatic rings. The van der Waals surface area contributed by atoms with Gasteiger partial charge in [0.1, 0.15) is 0 Å². The van der Waals surface area contributed by atoms with E-state index in [1.807, 2.05) is 0 Å². The lowest BCUT2D eigenvalue weighted by atomic mass is 9.83. The summed E-state index contributed by atoms with van der Waals surface area (Å²) in [5.41, 5.74) is 4.93. The van der Waals surface area contributed by atoms with E-state index >= 15 is 0 Å². The minimum atomic E-state index is -0.120. The number of aromatic nitrogens is 1. The van der Waals surface area contributed by atoms with Gasteiger partial charge in [0.05, 0.1) is 11.2 Å². The Balaban J connectivity index is 2.15. The van der Waals surface area contributed by atoms with Crippen LogP contribution in [0.15, 0.2) is 36.5 Å². The van der Waals surface area contributed by atoms with Crippen LogP contribution in [0.1, 0.15) is 25.5 Å². The molecule has 100 valence electrons. The smallest absolute Gasteiger partial charge is 0.0754 e. The first-order chi connectivity index (χ1) is 9.15. The van der Waals surface area contributed by atoms with E-state index in [1.54, 1.807) is 0 Å². The standard InChI is InChI=1S/C16H20N2O/c1-16(9-5-11-19)15-13(8-10-18(15)2)12-6-3-4-7-14(12)17-16/h3-4,6-8,10,17,19H,5,9,11H2,1-2H3/t16-/m1/s1. The summed E-state index contributed by atoms with van der Waals surface area (Å²) >= 11 is 0. The molecule has 2 N–H and O–H groups in total. The van der Waals surface area contributed by atoms with Gasteiger partial charge in [0.15, 0.2) is 0 Å². The van der Waals surface area contributed by atoms with E-state index < -0.39 is 0 Å². The third-order valence-electron chi connectivity index (χ3n) is 4.06. The van der Waals surface area contributed by atoms with Crippen LogP contribution in [0.2, 0.25) is 0 Å². The Bertz CT molecular complexity index is 603. The monoisotopic (exact) mass is 256 g/mol. The van der Waals surface area contributed by atoms with Gasteiger partial charge in [0, 0.05) is 36.7 Å². The number of benzene rings is 1. The number of fused-ring (bicyclic) bond motifs is 3. The van der Waals surface area contributed by atoms with E-state index in [0.29, 0.717) is 0 Å². The van der Waals surface area contributed by atoms with Crippen LogP contribution in [-0.2, 0) is 12.6 Å². The number of nitrogens with zero attached hydrogens (tertiary/aromatic N) is 1. The summed E-state index contributed by atoms with van der Waals surface area (Å²) in [6, 6.07) is 10.6. The van der Waals surface area contributed by atoms with Gasteiger partial charge >= 0.3 is 0 Å². The van der Waals surface area contributed by atoms with Gasteiger partial charge in [-0.2, -0.15) is 0 Å². The van der Waals surface area contributed by atoms with Crippen molar-refractivity contribution in [2.24, 2.45) is 7.05 Å². The number of aryl methyl sites for hydroxylation is 1. The molecule has 0 amide bonds. The first kappa shape index (κ1) is 12.3. The van der Waals surface area contributed by atoms with Crippen LogP contribution in [0, 0.1) is 0 Å². The molecule has 0 radical (unpaired) electrons. The Hall–Kier alpha value is -1.74. The van der Waals surface area contributed by atoms with E-state index in [1.165, 1.54) is 22.5 Å². The fourth-order valence-corrected chi connectivity index (χ4v) is 3.23. The Morgan fingerprint density at radius 2 is 2.00 bits per heavy atom. The van der Waals surface area contributed by atoms with E-state index in [4.69, 9.17) is 5.11 Å². The summed E-state index contributed by atoms with van der Waals surface area (Å²) in [6.45, 7) is 2.45. The lowest BCUT2D eigenvalue weighted by Gasteiger charge is -2.38. The van der Waals surface area contributed by atoms with Crippen molar-refractivity contribution in [2.45, 2.75) is 25.3 Å². The average Bonchev–Trinajstić information content (AvgIpc) is 2.80. The molecular formula is C16H20N2O. The molecule has 19 heavy (non-hydrogen) atoms. The molecule has 2 heterocycles. The van der Waals surface area contributed by atoms with Crippen LogP contribution in [0.5, 0.6) is 0 Å². The highest BCUT2D eigenvalue weighted by molar-refractivity contribution is 5.84. The van der Waals surface area contributed by atoms with Crippen molar-refractivity contribution in [1.82, 2.24) is 4.57 Å². The van der Waals surface area contributed by atoms with Gasteiger partial charge in [-0.05, 0) is 31.9 Å². The molecule has 3 heteroatoms. The molecule has 0 spiro atoms. The number of para-hydroxylation sites is 1. The molecule has 3 rings (SSSR count). The maximum Gasteiger partial charge on any atom is 0.0754 e. The number of anilines is 1. The van der Waals surface area contributed by atoms with Gasteiger partial charge in [-0.3, -0.25) is 0 Å². The molecule has 0 bridgehead atoms. The van der Waals surface area contributed by atoms with Crippen molar-refractivity contribution in [3.63, 3.8) is 0 Å². The molecule has 1 aliphatic heterocycles. The fraction of sp³-hybridized carbons (Fsp3) is 0.375. The minimum absolute atomic E-state index is 0.120. The van der Waals surface area contributed by atoms with E-state index in [2.05, 4.69) is 60.4 Å². The maximum absolute atomic E-state index is 9.14. The number of hydrogen-bond acceptors (Lipinski definition) is 2. The Morgan fingerprint density at radius 1 is 1.21 bits per heavy atom. The number of hydrogen-bond donors (Lipinski definition) is 2. The topological polar surface area (TPSA) is 37.2 Å². The molecular weight excluding hydrogens is 236 g/mol. The molecule has 2 aromatic rings. The zero-order valence-corrected chi connectivity index (χ0v) is 11.5. The third kappa shape index (κ3) is 1.85. The van der Waals surface area contributed by atoms with Gasteiger partial charge in [-0.25, -0.2) is 0 Å². The Morgan fingerprint density at radius 3 is 2.79 bits per heavy atom. The van der Waals surface area contributed by atoms with Crippen molar-refractivity contribution >= 4 is 5.69 Å². The van der Waals surface area contributed by atoms with Crippen LogP contribution in [0.3, 0.4) is 0 Å². The molecule has 0 saturated carbocycles. The van der Waals surface area contributed by atoms with Gasteiger partial charge in [-0.15, -0.1) is 0 Å². The summed E-state index contributed by atoms with van der Waals surface area (Å²) in [4.78, 5) is 0. The van der Waals surface area contributed by atoms with E-state index in [0.717, 1.165) is 12.8 Å².